The lowest BCUT2D eigenvalue weighted by Crippen LogP contribution is -2.31. The van der Waals surface area contributed by atoms with Crippen LogP contribution in [0, 0.1) is 5.92 Å². The van der Waals surface area contributed by atoms with Gasteiger partial charge in [0.1, 0.15) is 10.8 Å². The molecule has 0 fully saturated rings. The Labute approximate surface area is 141 Å². The van der Waals surface area contributed by atoms with Crippen molar-refractivity contribution in [3.05, 3.63) is 28.2 Å². The van der Waals surface area contributed by atoms with E-state index in [1.807, 2.05) is 6.92 Å². The molecule has 1 aromatic rings. The van der Waals surface area contributed by atoms with Crippen LogP contribution >= 0.6 is 35.6 Å². The maximum absolute atomic E-state index is 11.5. The van der Waals surface area contributed by atoms with Crippen LogP contribution in [0.4, 0.5) is 0 Å². The van der Waals surface area contributed by atoms with Crippen LogP contribution in [0.5, 0.6) is 5.75 Å². The van der Waals surface area contributed by atoms with Crippen molar-refractivity contribution in [3.8, 4) is 5.75 Å². The Kier molecular flexibility index (Phi) is 10.6. The van der Waals surface area contributed by atoms with Gasteiger partial charge in [-0.2, -0.15) is 0 Å². The minimum absolute atomic E-state index is 0. The van der Waals surface area contributed by atoms with Crippen LogP contribution in [-0.2, 0) is 4.79 Å². The highest BCUT2D eigenvalue weighted by Crippen LogP contribution is 2.31. The van der Waals surface area contributed by atoms with Gasteiger partial charge in [-0.25, -0.2) is 0 Å². The number of rotatable bonds is 8. The lowest BCUT2D eigenvalue weighted by Gasteiger charge is -2.11. The molecule has 0 bridgehead atoms. The summed E-state index contributed by atoms with van der Waals surface area (Å²) in [5.41, 5.74) is 5.48. The van der Waals surface area contributed by atoms with Crippen molar-refractivity contribution in [2.75, 3.05) is 19.7 Å². The number of ether oxygens (including phenoxy) is 1. The molecule has 3 N–H and O–H groups in total. The van der Waals surface area contributed by atoms with E-state index in [9.17, 15) is 4.79 Å². The molecule has 0 heterocycles. The van der Waals surface area contributed by atoms with E-state index in [1.165, 1.54) is 0 Å². The Morgan fingerprint density at radius 2 is 2.14 bits per heavy atom. The highest BCUT2D eigenvalue weighted by Gasteiger charge is 2.07. The van der Waals surface area contributed by atoms with E-state index in [2.05, 4.69) is 5.32 Å². The van der Waals surface area contributed by atoms with Crippen LogP contribution in [-0.4, -0.2) is 25.6 Å². The third kappa shape index (κ3) is 7.77. The Morgan fingerprint density at radius 1 is 1.43 bits per heavy atom. The number of halogens is 3. The second kappa shape index (κ2) is 11.0. The Bertz CT molecular complexity index is 444. The zero-order chi connectivity index (χ0) is 15.0. The molecule has 21 heavy (non-hydrogen) atoms. The van der Waals surface area contributed by atoms with Gasteiger partial charge >= 0.3 is 0 Å². The molecule has 7 heteroatoms. The number of carbonyl (C=O) groups excluding carboxylic acids is 1. The fourth-order valence-corrected chi connectivity index (χ4v) is 1.82. The van der Waals surface area contributed by atoms with E-state index in [-0.39, 0.29) is 18.3 Å². The zero-order valence-electron chi connectivity index (χ0n) is 11.9. The quantitative estimate of drug-likeness (QED) is 0.703. The fourth-order valence-electron chi connectivity index (χ4n) is 1.47. The monoisotopic (exact) mass is 354 g/mol. The van der Waals surface area contributed by atoms with Gasteiger partial charge in [-0.1, -0.05) is 36.2 Å². The summed E-state index contributed by atoms with van der Waals surface area (Å²) in [5, 5.41) is 3.69. The van der Waals surface area contributed by atoms with Gasteiger partial charge in [-0.15, -0.1) is 12.4 Å². The molecular formula is C14H21Cl3N2O2. The summed E-state index contributed by atoms with van der Waals surface area (Å²) in [6.45, 7) is 3.58. The van der Waals surface area contributed by atoms with Gasteiger partial charge in [0.25, 0.3) is 0 Å². The van der Waals surface area contributed by atoms with E-state index in [1.54, 1.807) is 18.2 Å². The first kappa shape index (κ1) is 20.3. The van der Waals surface area contributed by atoms with E-state index < -0.39 is 0 Å². The average molecular weight is 356 g/mol. The minimum atomic E-state index is 0. The predicted octanol–water partition coefficient (Wildman–Crippen LogP) is 3.29. The topological polar surface area (TPSA) is 64.3 Å². The number of hydrogen-bond acceptors (Lipinski definition) is 3. The summed E-state index contributed by atoms with van der Waals surface area (Å²) < 4.78 is 5.50. The maximum Gasteiger partial charge on any atom is 0.220 e. The van der Waals surface area contributed by atoms with Crippen LogP contribution in [0.25, 0.3) is 0 Å². The number of hydrogen-bond donors (Lipinski definition) is 2. The van der Waals surface area contributed by atoms with Crippen LogP contribution in [0.1, 0.15) is 19.8 Å². The SMILES string of the molecule is CC(CN)CNC(=O)CCCOc1cccc(Cl)c1Cl.Cl. The van der Waals surface area contributed by atoms with Gasteiger partial charge in [0.15, 0.2) is 0 Å². The van der Waals surface area contributed by atoms with Crippen LogP contribution in [0.15, 0.2) is 18.2 Å². The van der Waals surface area contributed by atoms with Crippen molar-refractivity contribution in [2.45, 2.75) is 19.8 Å². The van der Waals surface area contributed by atoms with Crippen LogP contribution in [0.3, 0.4) is 0 Å². The first-order valence-corrected chi connectivity index (χ1v) is 7.33. The molecule has 1 rings (SSSR count). The van der Waals surface area contributed by atoms with Crippen molar-refractivity contribution in [2.24, 2.45) is 11.7 Å². The Balaban J connectivity index is 0.00000400. The summed E-state index contributed by atoms with van der Waals surface area (Å²) in [6, 6.07) is 5.21. The third-order valence-electron chi connectivity index (χ3n) is 2.77. The van der Waals surface area contributed by atoms with Gasteiger partial charge in [0.2, 0.25) is 5.91 Å². The first-order valence-electron chi connectivity index (χ1n) is 6.58. The van der Waals surface area contributed by atoms with Gasteiger partial charge in [-0.3, -0.25) is 4.79 Å². The van der Waals surface area contributed by atoms with Crippen LogP contribution < -0.4 is 15.8 Å². The molecule has 0 aliphatic rings. The summed E-state index contributed by atoms with van der Waals surface area (Å²) in [5.74, 6) is 0.836. The Hall–Kier alpha value is -0.680. The van der Waals surface area contributed by atoms with Gasteiger partial charge in [-0.05, 0) is 31.0 Å². The van der Waals surface area contributed by atoms with Crippen LogP contribution in [0.2, 0.25) is 10.0 Å². The molecule has 0 radical (unpaired) electrons. The molecule has 0 aliphatic heterocycles. The molecule has 0 aliphatic carbocycles. The van der Waals surface area contributed by atoms with Crippen molar-refractivity contribution in [3.63, 3.8) is 0 Å². The summed E-state index contributed by atoms with van der Waals surface area (Å²) in [7, 11) is 0. The largest absolute Gasteiger partial charge is 0.492 e. The fraction of sp³-hybridized carbons (Fsp3) is 0.500. The van der Waals surface area contributed by atoms with Crippen molar-refractivity contribution < 1.29 is 9.53 Å². The molecule has 4 nitrogen and oxygen atoms in total. The average Bonchev–Trinajstić information content (AvgIpc) is 2.45. The van der Waals surface area contributed by atoms with Gasteiger partial charge < -0.3 is 15.8 Å². The smallest absolute Gasteiger partial charge is 0.220 e. The maximum atomic E-state index is 11.5. The summed E-state index contributed by atoms with van der Waals surface area (Å²) in [4.78, 5) is 11.5. The van der Waals surface area contributed by atoms with Crippen molar-refractivity contribution >= 4 is 41.5 Å². The van der Waals surface area contributed by atoms with Crippen molar-refractivity contribution in [1.29, 1.82) is 0 Å². The molecule has 1 atom stereocenters. The molecule has 0 saturated carbocycles. The summed E-state index contributed by atoms with van der Waals surface area (Å²) >= 11 is 11.9. The number of amides is 1. The molecule has 0 spiro atoms. The number of nitrogens with one attached hydrogen (secondary N) is 1. The van der Waals surface area contributed by atoms with Gasteiger partial charge in [0.05, 0.1) is 11.6 Å². The predicted molar refractivity (Wildman–Crippen MR) is 89.7 cm³/mol. The normalized spacial score (nSPS) is 11.4. The molecule has 1 amide bonds. The third-order valence-corrected chi connectivity index (χ3v) is 3.57. The molecule has 1 aromatic carbocycles. The highest BCUT2D eigenvalue weighted by atomic mass is 35.5. The zero-order valence-corrected chi connectivity index (χ0v) is 14.2. The lowest BCUT2D eigenvalue weighted by atomic mass is 10.2. The molecule has 0 saturated heterocycles. The minimum Gasteiger partial charge on any atom is -0.492 e. The number of benzene rings is 1. The highest BCUT2D eigenvalue weighted by molar-refractivity contribution is 6.42. The first-order chi connectivity index (χ1) is 9.54. The van der Waals surface area contributed by atoms with Gasteiger partial charge in [0, 0.05) is 13.0 Å². The molecule has 120 valence electrons. The summed E-state index contributed by atoms with van der Waals surface area (Å²) in [6.07, 6.45) is 1.03. The standard InChI is InChI=1S/C14H20Cl2N2O2.ClH/c1-10(8-17)9-18-13(19)6-3-7-20-12-5-2-4-11(15)14(12)16;/h2,4-5,10H,3,6-9,17H2,1H3,(H,18,19);1H. The number of nitrogens with two attached hydrogens (primary N) is 1. The number of carbonyl (C=O) groups is 1. The van der Waals surface area contributed by atoms with Crippen molar-refractivity contribution in [1.82, 2.24) is 5.32 Å². The second-order valence-corrected chi connectivity index (χ2v) is 5.43. The second-order valence-electron chi connectivity index (χ2n) is 4.65. The van der Waals surface area contributed by atoms with E-state index in [4.69, 9.17) is 33.7 Å². The lowest BCUT2D eigenvalue weighted by molar-refractivity contribution is -0.121. The van der Waals surface area contributed by atoms with E-state index in [0.717, 1.165) is 0 Å². The van der Waals surface area contributed by atoms with E-state index >= 15 is 0 Å². The Morgan fingerprint density at radius 3 is 2.81 bits per heavy atom. The molecule has 0 aromatic heterocycles. The van der Waals surface area contributed by atoms with E-state index in [0.29, 0.717) is 54.3 Å². The molecular weight excluding hydrogens is 335 g/mol. The molecule has 1 unspecified atom stereocenters.